The van der Waals surface area contributed by atoms with Crippen molar-refractivity contribution in [3.8, 4) is 0 Å². The third-order valence-electron chi connectivity index (χ3n) is 5.92. The van der Waals surface area contributed by atoms with Gasteiger partial charge in [-0.1, -0.05) is 0 Å². The van der Waals surface area contributed by atoms with E-state index in [0.29, 0.717) is 24.3 Å². The third kappa shape index (κ3) is 2.44. The molecule has 5 nitrogen and oxygen atoms in total. The van der Waals surface area contributed by atoms with Gasteiger partial charge in [-0.25, -0.2) is 0 Å². The smallest absolute Gasteiger partial charge is 0.226 e. The zero-order valence-electron chi connectivity index (χ0n) is 12.3. The molecule has 6 heteroatoms. The Balaban J connectivity index is 0.00000132. The predicted molar refractivity (Wildman–Crippen MR) is 81.2 cm³/mol. The summed E-state index contributed by atoms with van der Waals surface area (Å²) in [5, 5.41) is 6.33. The Morgan fingerprint density at radius 3 is 2.67 bits per heavy atom. The number of hydrogen-bond acceptors (Lipinski definition) is 3. The largest absolute Gasteiger partial charge is 0.354 e. The van der Waals surface area contributed by atoms with E-state index in [1.165, 1.54) is 0 Å². The predicted octanol–water partition coefficient (Wildman–Crippen LogP) is 0.677. The molecule has 4 aliphatic rings. The van der Waals surface area contributed by atoms with Crippen LogP contribution in [-0.4, -0.2) is 48.4 Å². The number of carbonyl (C=O) groups excluding carboxylic acids is 2. The Morgan fingerprint density at radius 1 is 1.19 bits per heavy atom. The molecule has 3 saturated heterocycles. The van der Waals surface area contributed by atoms with Gasteiger partial charge in [-0.2, -0.15) is 0 Å². The van der Waals surface area contributed by atoms with E-state index in [1.807, 2.05) is 0 Å². The van der Waals surface area contributed by atoms with Crippen LogP contribution in [0.3, 0.4) is 0 Å². The van der Waals surface area contributed by atoms with E-state index in [1.54, 1.807) is 0 Å². The van der Waals surface area contributed by atoms with Gasteiger partial charge in [0.1, 0.15) is 0 Å². The average Bonchev–Trinajstić information content (AvgIpc) is 3.01. The first kappa shape index (κ1) is 15.1. The number of piperidine rings is 1. The Kier molecular flexibility index (Phi) is 3.91. The van der Waals surface area contributed by atoms with E-state index < -0.39 is 0 Å². The van der Waals surface area contributed by atoms with Crippen molar-refractivity contribution in [2.24, 2.45) is 11.3 Å². The fourth-order valence-electron chi connectivity index (χ4n) is 4.59. The molecule has 3 unspecified atom stereocenters. The van der Waals surface area contributed by atoms with Crippen molar-refractivity contribution in [3.05, 3.63) is 0 Å². The van der Waals surface area contributed by atoms with Gasteiger partial charge in [0, 0.05) is 31.0 Å². The molecule has 1 aliphatic carbocycles. The van der Waals surface area contributed by atoms with Gasteiger partial charge in [0.2, 0.25) is 11.8 Å². The SMILES string of the molecule is Cl.O=C1CC2CCC(CN1)N2C(=O)C1CC12CCNCC2. The van der Waals surface area contributed by atoms with Crippen LogP contribution in [0.4, 0.5) is 0 Å². The molecule has 3 heterocycles. The fraction of sp³-hybridized carbons (Fsp3) is 0.867. The Morgan fingerprint density at radius 2 is 1.90 bits per heavy atom. The van der Waals surface area contributed by atoms with Crippen molar-refractivity contribution >= 4 is 24.2 Å². The maximum atomic E-state index is 12.9. The summed E-state index contributed by atoms with van der Waals surface area (Å²) < 4.78 is 0. The Hall–Kier alpha value is -0.810. The molecule has 2 amide bonds. The highest BCUT2D eigenvalue weighted by Gasteiger charge is 2.60. The van der Waals surface area contributed by atoms with E-state index in [2.05, 4.69) is 15.5 Å². The molecule has 0 radical (unpaired) electrons. The molecule has 2 bridgehead atoms. The molecule has 0 aromatic carbocycles. The minimum absolute atomic E-state index is 0. The first-order chi connectivity index (χ1) is 9.70. The zero-order valence-corrected chi connectivity index (χ0v) is 13.1. The number of nitrogens with zero attached hydrogens (tertiary/aromatic N) is 1. The molecular formula is C15H24ClN3O2. The van der Waals surface area contributed by atoms with Crippen LogP contribution in [0.5, 0.6) is 0 Å². The van der Waals surface area contributed by atoms with Crippen LogP contribution < -0.4 is 10.6 Å². The van der Waals surface area contributed by atoms with Gasteiger partial charge in [0.15, 0.2) is 0 Å². The first-order valence-electron chi connectivity index (χ1n) is 7.99. The lowest BCUT2D eigenvalue weighted by molar-refractivity contribution is -0.136. The lowest BCUT2D eigenvalue weighted by Crippen LogP contribution is -2.44. The highest BCUT2D eigenvalue weighted by molar-refractivity contribution is 5.86. The second kappa shape index (κ2) is 5.43. The first-order valence-corrected chi connectivity index (χ1v) is 7.99. The molecule has 21 heavy (non-hydrogen) atoms. The van der Waals surface area contributed by atoms with Crippen molar-refractivity contribution in [2.75, 3.05) is 19.6 Å². The molecule has 3 aliphatic heterocycles. The van der Waals surface area contributed by atoms with Gasteiger partial charge in [0.25, 0.3) is 0 Å². The quantitative estimate of drug-likeness (QED) is 0.748. The summed E-state index contributed by atoms with van der Waals surface area (Å²) in [6, 6.07) is 0.410. The summed E-state index contributed by atoms with van der Waals surface area (Å²) in [7, 11) is 0. The maximum Gasteiger partial charge on any atom is 0.226 e. The summed E-state index contributed by atoms with van der Waals surface area (Å²) in [5.41, 5.74) is 0.297. The van der Waals surface area contributed by atoms with E-state index in [4.69, 9.17) is 0 Å². The summed E-state index contributed by atoms with van der Waals surface area (Å²) >= 11 is 0. The van der Waals surface area contributed by atoms with Crippen molar-refractivity contribution in [1.29, 1.82) is 0 Å². The van der Waals surface area contributed by atoms with E-state index in [-0.39, 0.29) is 36.3 Å². The highest BCUT2D eigenvalue weighted by atomic mass is 35.5. The molecule has 4 fully saturated rings. The Bertz CT molecular complexity index is 450. The van der Waals surface area contributed by atoms with Crippen LogP contribution >= 0.6 is 12.4 Å². The van der Waals surface area contributed by atoms with Crippen LogP contribution in [0.1, 0.15) is 38.5 Å². The average molecular weight is 314 g/mol. The van der Waals surface area contributed by atoms with Crippen molar-refractivity contribution in [1.82, 2.24) is 15.5 Å². The lowest BCUT2D eigenvalue weighted by atomic mass is 9.91. The number of rotatable bonds is 1. The number of carbonyl (C=O) groups is 2. The summed E-state index contributed by atoms with van der Waals surface area (Å²) in [6.07, 6.45) is 5.92. The number of fused-ring (bicyclic) bond motifs is 2. The van der Waals surface area contributed by atoms with Crippen LogP contribution in [0.2, 0.25) is 0 Å². The number of halogens is 1. The van der Waals surface area contributed by atoms with Crippen LogP contribution in [0, 0.1) is 11.3 Å². The summed E-state index contributed by atoms with van der Waals surface area (Å²) in [4.78, 5) is 26.7. The van der Waals surface area contributed by atoms with Crippen molar-refractivity contribution < 1.29 is 9.59 Å². The Labute approximate surface area is 131 Å². The molecule has 2 N–H and O–H groups in total. The minimum Gasteiger partial charge on any atom is -0.354 e. The molecule has 1 saturated carbocycles. The second-order valence-corrected chi connectivity index (χ2v) is 7.01. The fourth-order valence-corrected chi connectivity index (χ4v) is 4.59. The monoisotopic (exact) mass is 313 g/mol. The van der Waals surface area contributed by atoms with Crippen LogP contribution in [0.25, 0.3) is 0 Å². The molecule has 0 aromatic rings. The highest BCUT2D eigenvalue weighted by Crippen LogP contribution is 2.59. The van der Waals surface area contributed by atoms with E-state index in [9.17, 15) is 9.59 Å². The summed E-state index contributed by atoms with van der Waals surface area (Å²) in [5.74, 6) is 0.694. The molecule has 0 aromatic heterocycles. The number of nitrogens with one attached hydrogen (secondary N) is 2. The maximum absolute atomic E-state index is 12.9. The van der Waals surface area contributed by atoms with Gasteiger partial charge in [0.05, 0.1) is 0 Å². The molecule has 118 valence electrons. The van der Waals surface area contributed by atoms with Gasteiger partial charge >= 0.3 is 0 Å². The lowest BCUT2D eigenvalue weighted by Gasteiger charge is -2.30. The minimum atomic E-state index is 0. The van der Waals surface area contributed by atoms with Crippen LogP contribution in [-0.2, 0) is 9.59 Å². The molecular weight excluding hydrogens is 290 g/mol. The normalized spacial score (nSPS) is 36.7. The van der Waals surface area contributed by atoms with Gasteiger partial charge in [-0.05, 0) is 50.6 Å². The third-order valence-corrected chi connectivity index (χ3v) is 5.92. The zero-order chi connectivity index (χ0) is 13.7. The topological polar surface area (TPSA) is 61.4 Å². The summed E-state index contributed by atoms with van der Waals surface area (Å²) in [6.45, 7) is 2.76. The molecule has 3 atom stereocenters. The number of hydrogen-bond donors (Lipinski definition) is 2. The standard InChI is InChI=1S/C15H23N3O2.ClH/c19-13-7-10-1-2-11(9-17-13)18(10)14(20)12-8-15(12)3-5-16-6-4-15;/h10-12,16H,1-9H2,(H,17,19);1H. The van der Waals surface area contributed by atoms with Crippen molar-refractivity contribution in [3.63, 3.8) is 0 Å². The molecule has 1 spiro atoms. The molecule has 4 rings (SSSR count). The van der Waals surface area contributed by atoms with Gasteiger partial charge in [-0.15, -0.1) is 12.4 Å². The van der Waals surface area contributed by atoms with E-state index in [0.717, 1.165) is 45.2 Å². The van der Waals surface area contributed by atoms with Gasteiger partial charge in [-0.3, -0.25) is 9.59 Å². The van der Waals surface area contributed by atoms with Crippen LogP contribution in [0.15, 0.2) is 0 Å². The van der Waals surface area contributed by atoms with Crippen molar-refractivity contribution in [2.45, 2.75) is 50.6 Å². The number of amides is 2. The second-order valence-electron chi connectivity index (χ2n) is 7.01. The van der Waals surface area contributed by atoms with Gasteiger partial charge < -0.3 is 15.5 Å². The van der Waals surface area contributed by atoms with E-state index >= 15 is 0 Å².